The van der Waals surface area contributed by atoms with E-state index in [1.165, 1.54) is 0 Å². The maximum Gasteiger partial charge on any atom is 0.314 e. The second-order valence-electron chi connectivity index (χ2n) is 6.91. The Morgan fingerprint density at radius 2 is 2.10 bits per heavy atom. The largest absolute Gasteiger partial charge is 0.497 e. The van der Waals surface area contributed by atoms with Gasteiger partial charge in [0, 0.05) is 5.92 Å². The molecule has 112 valence electrons. The topological polar surface area (TPSA) is 46.5 Å². The van der Waals surface area contributed by atoms with Crippen molar-refractivity contribution in [3.63, 3.8) is 0 Å². The fourth-order valence-electron chi connectivity index (χ4n) is 4.28. The van der Waals surface area contributed by atoms with Gasteiger partial charge in [-0.25, -0.2) is 0 Å². The fraction of sp³-hybridized carbons (Fsp3) is 0.500. The van der Waals surface area contributed by atoms with Crippen molar-refractivity contribution >= 4 is 12.0 Å². The number of rotatable bonds is 2. The summed E-state index contributed by atoms with van der Waals surface area (Å²) < 4.78 is 5.32. The molecule has 1 aromatic carbocycles. The van der Waals surface area contributed by atoms with Crippen molar-refractivity contribution in [3.05, 3.63) is 35.4 Å². The Morgan fingerprint density at radius 1 is 1.33 bits per heavy atom. The third kappa shape index (κ3) is 1.90. The Labute approximate surface area is 125 Å². The minimum Gasteiger partial charge on any atom is -0.497 e. The molecule has 0 saturated heterocycles. The highest BCUT2D eigenvalue weighted by atomic mass is 16.5. The van der Waals surface area contributed by atoms with Crippen molar-refractivity contribution in [3.8, 4) is 5.75 Å². The van der Waals surface area contributed by atoms with Crippen LogP contribution >= 0.6 is 0 Å². The number of carboxylic acids is 1. The smallest absolute Gasteiger partial charge is 0.314 e. The van der Waals surface area contributed by atoms with E-state index in [1.54, 1.807) is 7.11 Å². The van der Waals surface area contributed by atoms with Crippen LogP contribution in [0, 0.1) is 11.3 Å². The minimum atomic E-state index is -0.819. The van der Waals surface area contributed by atoms with Gasteiger partial charge in [-0.05, 0) is 41.5 Å². The molecule has 2 atom stereocenters. The molecule has 2 aliphatic carbocycles. The van der Waals surface area contributed by atoms with Crippen LogP contribution in [0.25, 0.3) is 6.08 Å². The lowest BCUT2D eigenvalue weighted by atomic mass is 9.51. The van der Waals surface area contributed by atoms with E-state index < -0.39 is 11.4 Å². The zero-order valence-electron chi connectivity index (χ0n) is 12.8. The number of aliphatic carboxylic acids is 1. The van der Waals surface area contributed by atoms with Gasteiger partial charge in [0.05, 0.1) is 7.11 Å². The van der Waals surface area contributed by atoms with E-state index in [9.17, 15) is 9.90 Å². The molecule has 0 heterocycles. The molecule has 0 amide bonds. The molecule has 1 aromatic rings. The van der Waals surface area contributed by atoms with Gasteiger partial charge in [-0.15, -0.1) is 0 Å². The lowest BCUT2D eigenvalue weighted by molar-refractivity contribution is -0.150. The van der Waals surface area contributed by atoms with Gasteiger partial charge < -0.3 is 9.84 Å². The lowest BCUT2D eigenvalue weighted by Gasteiger charge is -2.51. The first-order valence-electron chi connectivity index (χ1n) is 7.52. The van der Waals surface area contributed by atoms with E-state index in [4.69, 9.17) is 4.74 Å². The Bertz CT molecular complexity index is 615. The number of benzene rings is 1. The third-order valence-corrected chi connectivity index (χ3v) is 5.36. The summed E-state index contributed by atoms with van der Waals surface area (Å²) >= 11 is 0. The van der Waals surface area contributed by atoms with Gasteiger partial charge >= 0.3 is 5.97 Å². The highest BCUT2D eigenvalue weighted by molar-refractivity contribution is 5.86. The van der Waals surface area contributed by atoms with E-state index in [0.29, 0.717) is 6.42 Å². The molecule has 0 spiro atoms. The average molecular weight is 286 g/mol. The van der Waals surface area contributed by atoms with E-state index >= 15 is 0 Å². The van der Waals surface area contributed by atoms with Crippen LogP contribution in [0.15, 0.2) is 24.3 Å². The van der Waals surface area contributed by atoms with Crippen LogP contribution in [0.1, 0.15) is 44.2 Å². The van der Waals surface area contributed by atoms with Gasteiger partial charge in [-0.1, -0.05) is 38.5 Å². The normalized spacial score (nSPS) is 29.4. The number of carbonyl (C=O) groups is 1. The Kier molecular flexibility index (Phi) is 3.12. The molecule has 21 heavy (non-hydrogen) atoms. The van der Waals surface area contributed by atoms with Crippen LogP contribution in [-0.4, -0.2) is 18.2 Å². The van der Waals surface area contributed by atoms with Crippen molar-refractivity contribution < 1.29 is 14.6 Å². The molecular formula is C18H22O3. The van der Waals surface area contributed by atoms with Crippen LogP contribution in [0.5, 0.6) is 5.75 Å². The minimum absolute atomic E-state index is 0.00605. The standard InChI is InChI=1S/C18H22O3/c1-17(2)9-4-10-18(16(19)20)14-11-13(21-3)7-5-12(14)6-8-15(17)18/h5-8,11,15H,4,9-10H2,1-3H3,(H,19,20)/t15-,18+/m0/s1. The van der Waals surface area contributed by atoms with Gasteiger partial charge in [-0.3, -0.25) is 4.79 Å². The Balaban J connectivity index is 2.25. The van der Waals surface area contributed by atoms with Crippen LogP contribution in [0.2, 0.25) is 0 Å². The molecule has 1 fully saturated rings. The quantitative estimate of drug-likeness (QED) is 0.897. The molecule has 3 heteroatoms. The summed E-state index contributed by atoms with van der Waals surface area (Å²) in [6, 6.07) is 5.78. The molecule has 1 N–H and O–H groups in total. The van der Waals surface area contributed by atoms with E-state index in [-0.39, 0.29) is 11.3 Å². The van der Waals surface area contributed by atoms with Gasteiger partial charge in [0.1, 0.15) is 11.2 Å². The summed E-state index contributed by atoms with van der Waals surface area (Å²) in [5.74, 6) is 0.0433. The second-order valence-corrected chi connectivity index (χ2v) is 6.91. The molecule has 1 saturated carbocycles. The predicted octanol–water partition coefficient (Wildman–Crippen LogP) is 3.87. The number of ether oxygens (including phenoxy) is 1. The number of hydrogen-bond donors (Lipinski definition) is 1. The van der Waals surface area contributed by atoms with E-state index in [0.717, 1.165) is 29.7 Å². The molecule has 3 nitrogen and oxygen atoms in total. The van der Waals surface area contributed by atoms with Gasteiger partial charge in [0.25, 0.3) is 0 Å². The Morgan fingerprint density at radius 3 is 2.76 bits per heavy atom. The molecule has 3 rings (SSSR count). The number of allylic oxidation sites excluding steroid dienone is 1. The van der Waals surface area contributed by atoms with Crippen LogP contribution in [0.4, 0.5) is 0 Å². The maximum atomic E-state index is 12.3. The molecule has 0 aromatic heterocycles. The highest BCUT2D eigenvalue weighted by Crippen LogP contribution is 2.56. The Hall–Kier alpha value is -1.77. The predicted molar refractivity (Wildman–Crippen MR) is 82.5 cm³/mol. The summed E-state index contributed by atoms with van der Waals surface area (Å²) in [5.41, 5.74) is 1.09. The molecule has 0 aliphatic heterocycles. The van der Waals surface area contributed by atoms with Crippen molar-refractivity contribution in [2.75, 3.05) is 7.11 Å². The van der Waals surface area contributed by atoms with E-state index in [2.05, 4.69) is 26.0 Å². The first kappa shape index (κ1) is 14.2. The molecule has 0 radical (unpaired) electrons. The summed E-state index contributed by atoms with van der Waals surface area (Å²) in [6.45, 7) is 4.37. The average Bonchev–Trinajstić information content (AvgIpc) is 2.45. The first-order valence-corrected chi connectivity index (χ1v) is 7.52. The van der Waals surface area contributed by atoms with Crippen LogP contribution in [-0.2, 0) is 10.2 Å². The second kappa shape index (κ2) is 4.62. The SMILES string of the molecule is COc1ccc2c(c1)[C@]1(C(=O)O)CCCC(C)(C)[C@@H]1C=C2. The monoisotopic (exact) mass is 286 g/mol. The molecular weight excluding hydrogens is 264 g/mol. The first-order chi connectivity index (χ1) is 9.91. The number of carboxylic acid groups (broad SMARTS) is 1. The summed E-state index contributed by atoms with van der Waals surface area (Å²) in [6.07, 6.45) is 6.90. The summed E-state index contributed by atoms with van der Waals surface area (Å²) in [4.78, 5) is 12.3. The summed E-state index contributed by atoms with van der Waals surface area (Å²) in [7, 11) is 1.62. The lowest BCUT2D eigenvalue weighted by Crippen LogP contribution is -2.52. The number of fused-ring (bicyclic) bond motifs is 3. The number of methoxy groups -OCH3 is 1. The van der Waals surface area contributed by atoms with Crippen molar-refractivity contribution in [2.45, 2.75) is 38.5 Å². The van der Waals surface area contributed by atoms with Crippen molar-refractivity contribution in [1.82, 2.24) is 0 Å². The zero-order chi connectivity index (χ0) is 15.3. The fourth-order valence-corrected chi connectivity index (χ4v) is 4.28. The van der Waals surface area contributed by atoms with Crippen LogP contribution in [0.3, 0.4) is 0 Å². The molecule has 2 aliphatic rings. The maximum absolute atomic E-state index is 12.3. The van der Waals surface area contributed by atoms with Crippen molar-refractivity contribution in [2.24, 2.45) is 11.3 Å². The van der Waals surface area contributed by atoms with E-state index in [1.807, 2.05) is 18.2 Å². The van der Waals surface area contributed by atoms with Gasteiger partial charge in [-0.2, -0.15) is 0 Å². The molecule has 0 unspecified atom stereocenters. The van der Waals surface area contributed by atoms with Gasteiger partial charge in [0.2, 0.25) is 0 Å². The van der Waals surface area contributed by atoms with Gasteiger partial charge in [0.15, 0.2) is 0 Å². The molecule has 0 bridgehead atoms. The van der Waals surface area contributed by atoms with Crippen LogP contribution < -0.4 is 4.74 Å². The zero-order valence-corrected chi connectivity index (χ0v) is 12.8. The highest BCUT2D eigenvalue weighted by Gasteiger charge is 2.56. The summed E-state index contributed by atoms with van der Waals surface area (Å²) in [5, 5.41) is 10.1. The van der Waals surface area contributed by atoms with Crippen molar-refractivity contribution in [1.29, 1.82) is 0 Å². The third-order valence-electron chi connectivity index (χ3n) is 5.36. The number of hydrogen-bond acceptors (Lipinski definition) is 2.